The highest BCUT2D eigenvalue weighted by atomic mass is 16.2. The third kappa shape index (κ3) is 3.32. The lowest BCUT2D eigenvalue weighted by atomic mass is 9.96. The van der Waals surface area contributed by atoms with Crippen LogP contribution in [0.1, 0.15) is 36.9 Å². The summed E-state index contributed by atoms with van der Waals surface area (Å²) in [6.45, 7) is 2.72. The second-order valence-corrected chi connectivity index (χ2v) is 6.15. The van der Waals surface area contributed by atoms with E-state index >= 15 is 0 Å². The van der Waals surface area contributed by atoms with Crippen molar-refractivity contribution in [2.24, 2.45) is 7.05 Å². The van der Waals surface area contributed by atoms with Gasteiger partial charge >= 0.3 is 0 Å². The van der Waals surface area contributed by atoms with Crippen molar-refractivity contribution in [2.45, 2.75) is 32.2 Å². The second kappa shape index (κ2) is 6.86. The maximum absolute atomic E-state index is 12.1. The van der Waals surface area contributed by atoms with Crippen molar-refractivity contribution >= 4 is 17.5 Å². The van der Waals surface area contributed by atoms with Gasteiger partial charge in [0, 0.05) is 44.7 Å². The highest BCUT2D eigenvalue weighted by Crippen LogP contribution is 2.38. The largest absolute Gasteiger partial charge is 0.350 e. The van der Waals surface area contributed by atoms with Crippen LogP contribution in [0, 0.1) is 0 Å². The summed E-state index contributed by atoms with van der Waals surface area (Å²) in [7, 11) is 1.85. The summed E-state index contributed by atoms with van der Waals surface area (Å²) >= 11 is 0. The highest BCUT2D eigenvalue weighted by molar-refractivity contribution is 5.94. The summed E-state index contributed by atoms with van der Waals surface area (Å²) in [6.07, 6.45) is 2.90. The molecule has 6 nitrogen and oxygen atoms in total. The number of fused-ring (bicyclic) bond motifs is 1. The van der Waals surface area contributed by atoms with E-state index in [0.29, 0.717) is 19.5 Å². The van der Waals surface area contributed by atoms with Gasteiger partial charge in [0.15, 0.2) is 0 Å². The molecule has 0 saturated heterocycles. The number of nitrogens with zero attached hydrogens (tertiary/aromatic N) is 3. The smallest absolute Gasteiger partial charge is 0.223 e. The normalized spacial score (nSPS) is 16.1. The minimum Gasteiger partial charge on any atom is -0.350 e. The monoisotopic (exact) mass is 326 g/mol. The molecule has 1 atom stereocenters. The standard InChI is InChI=1S/C18H22N4O2/c1-13(23)22-12-14(16-5-3-4-6-17(16)22)7-8-18(24)19-11-15-9-10-20-21(15)2/h3-6,9-10,14H,7-8,11-12H2,1-2H3,(H,19,24). The number of hydrogen-bond donors (Lipinski definition) is 1. The Kier molecular flexibility index (Phi) is 4.64. The molecule has 2 aromatic rings. The third-order valence-electron chi connectivity index (χ3n) is 4.56. The Morgan fingerprint density at radius 3 is 2.79 bits per heavy atom. The van der Waals surface area contributed by atoms with E-state index in [1.165, 1.54) is 0 Å². The minimum atomic E-state index is 0.0231. The van der Waals surface area contributed by atoms with Gasteiger partial charge in [-0.05, 0) is 24.1 Å². The minimum absolute atomic E-state index is 0.0231. The van der Waals surface area contributed by atoms with E-state index in [-0.39, 0.29) is 17.7 Å². The fourth-order valence-corrected chi connectivity index (χ4v) is 3.20. The van der Waals surface area contributed by atoms with Crippen LogP contribution >= 0.6 is 0 Å². The number of amides is 2. The van der Waals surface area contributed by atoms with E-state index in [4.69, 9.17) is 0 Å². The molecular weight excluding hydrogens is 304 g/mol. The molecule has 2 heterocycles. The number of hydrogen-bond acceptors (Lipinski definition) is 3. The number of benzene rings is 1. The van der Waals surface area contributed by atoms with Crippen molar-refractivity contribution in [1.82, 2.24) is 15.1 Å². The summed E-state index contributed by atoms with van der Waals surface area (Å²) in [5.41, 5.74) is 3.11. The number of para-hydroxylation sites is 1. The number of aryl methyl sites for hydroxylation is 1. The van der Waals surface area contributed by atoms with Crippen LogP contribution in [-0.4, -0.2) is 28.1 Å². The van der Waals surface area contributed by atoms with Gasteiger partial charge in [-0.15, -0.1) is 0 Å². The highest BCUT2D eigenvalue weighted by Gasteiger charge is 2.30. The Labute approximate surface area is 141 Å². The van der Waals surface area contributed by atoms with E-state index in [0.717, 1.165) is 23.4 Å². The van der Waals surface area contributed by atoms with Gasteiger partial charge < -0.3 is 10.2 Å². The van der Waals surface area contributed by atoms with Gasteiger partial charge in [0.2, 0.25) is 11.8 Å². The van der Waals surface area contributed by atoms with Crippen molar-refractivity contribution in [1.29, 1.82) is 0 Å². The van der Waals surface area contributed by atoms with E-state index in [1.807, 2.05) is 31.3 Å². The van der Waals surface area contributed by atoms with Crippen LogP contribution in [-0.2, 0) is 23.2 Å². The molecule has 6 heteroatoms. The maximum Gasteiger partial charge on any atom is 0.223 e. The molecule has 1 N–H and O–H groups in total. The SMILES string of the molecule is CC(=O)N1CC(CCC(=O)NCc2ccnn2C)c2ccccc21. The molecule has 0 aliphatic carbocycles. The van der Waals surface area contributed by atoms with Gasteiger partial charge in [0.25, 0.3) is 0 Å². The lowest BCUT2D eigenvalue weighted by Crippen LogP contribution is -2.28. The zero-order chi connectivity index (χ0) is 17.1. The van der Waals surface area contributed by atoms with Crippen LogP contribution in [0.15, 0.2) is 36.5 Å². The lowest BCUT2D eigenvalue weighted by Gasteiger charge is -2.15. The van der Waals surface area contributed by atoms with Crippen molar-refractivity contribution in [3.05, 3.63) is 47.8 Å². The second-order valence-electron chi connectivity index (χ2n) is 6.15. The first kappa shape index (κ1) is 16.2. The molecule has 0 bridgehead atoms. The number of carbonyl (C=O) groups excluding carboxylic acids is 2. The predicted octanol–water partition coefficient (Wildman–Crippen LogP) is 1.97. The average Bonchev–Trinajstić information content (AvgIpc) is 3.14. The average molecular weight is 326 g/mol. The van der Waals surface area contributed by atoms with Gasteiger partial charge in [-0.2, -0.15) is 5.10 Å². The fourth-order valence-electron chi connectivity index (χ4n) is 3.20. The molecule has 0 spiro atoms. The summed E-state index contributed by atoms with van der Waals surface area (Å²) in [4.78, 5) is 25.7. The van der Waals surface area contributed by atoms with E-state index in [2.05, 4.69) is 16.5 Å². The first-order valence-electron chi connectivity index (χ1n) is 8.17. The topological polar surface area (TPSA) is 67.2 Å². The Balaban J connectivity index is 1.56. The maximum atomic E-state index is 12.1. The van der Waals surface area contributed by atoms with E-state index in [1.54, 1.807) is 22.7 Å². The molecule has 1 aliphatic heterocycles. The zero-order valence-corrected chi connectivity index (χ0v) is 14.0. The number of nitrogens with one attached hydrogen (secondary N) is 1. The fraction of sp³-hybridized carbons (Fsp3) is 0.389. The number of aromatic nitrogens is 2. The van der Waals surface area contributed by atoms with Crippen molar-refractivity contribution in [2.75, 3.05) is 11.4 Å². The molecule has 0 fully saturated rings. The molecular formula is C18H22N4O2. The predicted molar refractivity (Wildman–Crippen MR) is 91.5 cm³/mol. The summed E-state index contributed by atoms with van der Waals surface area (Å²) in [5.74, 6) is 0.285. The summed E-state index contributed by atoms with van der Waals surface area (Å²) in [5, 5.41) is 7.01. The Morgan fingerprint density at radius 2 is 2.08 bits per heavy atom. The molecule has 1 aromatic heterocycles. The Morgan fingerprint density at radius 1 is 1.29 bits per heavy atom. The summed E-state index contributed by atoms with van der Waals surface area (Å²) in [6, 6.07) is 9.84. The third-order valence-corrected chi connectivity index (χ3v) is 4.56. The molecule has 1 unspecified atom stereocenters. The first-order chi connectivity index (χ1) is 11.6. The molecule has 0 radical (unpaired) electrons. The lowest BCUT2D eigenvalue weighted by molar-refractivity contribution is -0.121. The van der Waals surface area contributed by atoms with Crippen LogP contribution in [0.3, 0.4) is 0 Å². The first-order valence-corrected chi connectivity index (χ1v) is 8.17. The van der Waals surface area contributed by atoms with Crippen LogP contribution < -0.4 is 10.2 Å². The summed E-state index contributed by atoms with van der Waals surface area (Å²) < 4.78 is 1.75. The molecule has 1 aliphatic rings. The van der Waals surface area contributed by atoms with Gasteiger partial charge in [-0.25, -0.2) is 0 Å². The molecule has 24 heavy (non-hydrogen) atoms. The van der Waals surface area contributed by atoms with E-state index in [9.17, 15) is 9.59 Å². The van der Waals surface area contributed by atoms with Gasteiger partial charge in [-0.3, -0.25) is 14.3 Å². The molecule has 1 aromatic carbocycles. The van der Waals surface area contributed by atoms with Gasteiger partial charge in [0.05, 0.1) is 12.2 Å². The number of anilines is 1. The molecule has 126 valence electrons. The van der Waals surface area contributed by atoms with E-state index < -0.39 is 0 Å². The number of carbonyl (C=O) groups is 2. The number of rotatable bonds is 5. The quantitative estimate of drug-likeness (QED) is 0.913. The molecule has 2 amide bonds. The van der Waals surface area contributed by atoms with Crippen LogP contribution in [0.4, 0.5) is 5.69 Å². The molecule has 0 saturated carbocycles. The zero-order valence-electron chi connectivity index (χ0n) is 14.0. The van der Waals surface area contributed by atoms with Crippen molar-refractivity contribution in [3.8, 4) is 0 Å². The molecule has 3 rings (SSSR count). The van der Waals surface area contributed by atoms with Crippen molar-refractivity contribution in [3.63, 3.8) is 0 Å². The van der Waals surface area contributed by atoms with Gasteiger partial charge in [-0.1, -0.05) is 18.2 Å². The Bertz CT molecular complexity index is 753. The van der Waals surface area contributed by atoms with Gasteiger partial charge in [0.1, 0.15) is 0 Å². The van der Waals surface area contributed by atoms with Crippen LogP contribution in [0.2, 0.25) is 0 Å². The van der Waals surface area contributed by atoms with Crippen LogP contribution in [0.25, 0.3) is 0 Å². The van der Waals surface area contributed by atoms with Crippen LogP contribution in [0.5, 0.6) is 0 Å². The van der Waals surface area contributed by atoms with Crippen molar-refractivity contribution < 1.29 is 9.59 Å². The Hall–Kier alpha value is -2.63.